The molecule has 204 valence electrons. The van der Waals surface area contributed by atoms with Crippen LogP contribution in [-0.4, -0.2) is 30.1 Å². The SMILES string of the molecule is COc1ccc(Cl)cc1NC(=O)C(C)Sc1ccc(NC(=O)/C(=C/c2ccco2)NC(=O)c2ccccc2)cc1. The molecule has 0 fully saturated rings. The van der Waals surface area contributed by atoms with E-state index in [1.807, 2.05) is 0 Å². The molecule has 3 aromatic carbocycles. The Bertz CT molecular complexity index is 1510. The number of thioether (sulfide) groups is 1. The van der Waals surface area contributed by atoms with Crippen LogP contribution in [0.3, 0.4) is 0 Å². The Morgan fingerprint density at radius 1 is 0.950 bits per heavy atom. The summed E-state index contributed by atoms with van der Waals surface area (Å²) in [6.07, 6.45) is 2.93. The third kappa shape index (κ3) is 7.78. The van der Waals surface area contributed by atoms with Crippen molar-refractivity contribution in [2.45, 2.75) is 17.1 Å². The van der Waals surface area contributed by atoms with Gasteiger partial charge < -0.3 is 25.1 Å². The van der Waals surface area contributed by atoms with E-state index in [1.54, 1.807) is 91.9 Å². The van der Waals surface area contributed by atoms with Crippen LogP contribution in [0.25, 0.3) is 6.08 Å². The second kappa shape index (κ2) is 13.5. The second-order valence-electron chi connectivity index (χ2n) is 8.47. The Hall–Kier alpha value is -4.47. The van der Waals surface area contributed by atoms with Gasteiger partial charge >= 0.3 is 0 Å². The standard InChI is InChI=1S/C30H26ClN3O5S/c1-19(28(35)33-25-17-21(31)10-15-27(25)38-2)40-24-13-11-22(12-14-24)32-30(37)26(18-23-9-6-16-39-23)34-29(36)20-7-4-3-5-8-20/h3-19H,1-2H3,(H,32,37)(H,33,35)(H,34,36)/b26-18-. The minimum Gasteiger partial charge on any atom is -0.495 e. The van der Waals surface area contributed by atoms with Crippen molar-refractivity contribution in [1.82, 2.24) is 5.32 Å². The van der Waals surface area contributed by atoms with Gasteiger partial charge in [-0.3, -0.25) is 14.4 Å². The van der Waals surface area contributed by atoms with E-state index in [4.69, 9.17) is 20.8 Å². The first-order valence-electron chi connectivity index (χ1n) is 12.2. The van der Waals surface area contributed by atoms with Crippen LogP contribution < -0.4 is 20.7 Å². The van der Waals surface area contributed by atoms with Crippen molar-refractivity contribution < 1.29 is 23.5 Å². The van der Waals surface area contributed by atoms with Crippen molar-refractivity contribution in [2.75, 3.05) is 17.7 Å². The molecule has 3 amide bonds. The van der Waals surface area contributed by atoms with E-state index < -0.39 is 17.1 Å². The van der Waals surface area contributed by atoms with Crippen LogP contribution in [0, 0.1) is 0 Å². The number of hydrogen-bond donors (Lipinski definition) is 3. The predicted molar refractivity (Wildman–Crippen MR) is 158 cm³/mol. The highest BCUT2D eigenvalue weighted by atomic mass is 35.5. The molecule has 10 heteroatoms. The van der Waals surface area contributed by atoms with E-state index in [0.717, 1.165) is 4.90 Å². The van der Waals surface area contributed by atoms with Gasteiger partial charge in [-0.2, -0.15) is 0 Å². The summed E-state index contributed by atoms with van der Waals surface area (Å²) in [6, 6.07) is 24.0. The summed E-state index contributed by atoms with van der Waals surface area (Å²) in [5.41, 5.74) is 1.43. The van der Waals surface area contributed by atoms with Gasteiger partial charge in [0, 0.05) is 27.2 Å². The van der Waals surface area contributed by atoms with Gasteiger partial charge in [0.15, 0.2) is 0 Å². The molecule has 0 spiro atoms. The third-order valence-corrected chi connectivity index (χ3v) is 6.92. The second-order valence-corrected chi connectivity index (χ2v) is 10.3. The lowest BCUT2D eigenvalue weighted by Crippen LogP contribution is -2.30. The highest BCUT2D eigenvalue weighted by molar-refractivity contribution is 8.00. The highest BCUT2D eigenvalue weighted by Crippen LogP contribution is 2.30. The fourth-order valence-electron chi connectivity index (χ4n) is 3.54. The minimum atomic E-state index is -0.524. The Labute approximate surface area is 240 Å². The monoisotopic (exact) mass is 575 g/mol. The molecule has 4 rings (SSSR count). The van der Waals surface area contributed by atoms with Crippen molar-refractivity contribution in [3.05, 3.63) is 113 Å². The van der Waals surface area contributed by atoms with E-state index in [9.17, 15) is 14.4 Å². The van der Waals surface area contributed by atoms with Gasteiger partial charge in [0.1, 0.15) is 17.2 Å². The van der Waals surface area contributed by atoms with Gasteiger partial charge in [-0.15, -0.1) is 11.8 Å². The lowest BCUT2D eigenvalue weighted by atomic mass is 10.2. The average Bonchev–Trinajstić information content (AvgIpc) is 3.47. The molecular formula is C30H26ClN3O5S. The number of methoxy groups -OCH3 is 1. The summed E-state index contributed by atoms with van der Waals surface area (Å²) in [6.45, 7) is 1.79. The van der Waals surface area contributed by atoms with E-state index in [2.05, 4.69) is 16.0 Å². The average molecular weight is 576 g/mol. The first-order chi connectivity index (χ1) is 19.3. The number of hydrogen-bond acceptors (Lipinski definition) is 6. The minimum absolute atomic E-state index is 0.0176. The van der Waals surface area contributed by atoms with Crippen LogP contribution in [0.5, 0.6) is 5.75 Å². The number of amides is 3. The lowest BCUT2D eigenvalue weighted by molar-refractivity contribution is -0.115. The van der Waals surface area contributed by atoms with Crippen LogP contribution in [0.1, 0.15) is 23.0 Å². The first-order valence-corrected chi connectivity index (χ1v) is 13.4. The Balaban J connectivity index is 1.40. The molecule has 1 aromatic heterocycles. The Morgan fingerprint density at radius 2 is 1.70 bits per heavy atom. The number of anilines is 2. The number of ether oxygens (including phenoxy) is 1. The summed E-state index contributed by atoms with van der Waals surface area (Å²) in [5, 5.41) is 8.34. The number of nitrogens with one attached hydrogen (secondary N) is 3. The summed E-state index contributed by atoms with van der Waals surface area (Å²) < 4.78 is 10.6. The van der Waals surface area contributed by atoms with Crippen molar-refractivity contribution in [1.29, 1.82) is 0 Å². The van der Waals surface area contributed by atoms with E-state index in [1.165, 1.54) is 31.2 Å². The number of halogens is 1. The number of benzene rings is 3. The molecule has 4 aromatic rings. The summed E-state index contributed by atoms with van der Waals surface area (Å²) >= 11 is 7.41. The smallest absolute Gasteiger partial charge is 0.272 e. The molecule has 0 radical (unpaired) electrons. The van der Waals surface area contributed by atoms with Crippen molar-refractivity contribution in [3.63, 3.8) is 0 Å². The molecule has 0 bridgehead atoms. The summed E-state index contributed by atoms with van der Waals surface area (Å²) in [4.78, 5) is 39.4. The quantitative estimate of drug-likeness (QED) is 0.148. The van der Waals surface area contributed by atoms with Gasteiger partial charge in [-0.1, -0.05) is 29.8 Å². The van der Waals surface area contributed by atoms with Crippen molar-refractivity contribution in [2.24, 2.45) is 0 Å². The molecule has 0 aliphatic heterocycles. The summed E-state index contributed by atoms with van der Waals surface area (Å²) in [7, 11) is 1.52. The van der Waals surface area contributed by atoms with Gasteiger partial charge in [-0.25, -0.2) is 0 Å². The molecule has 1 atom stereocenters. The number of rotatable bonds is 10. The maximum Gasteiger partial charge on any atom is 0.272 e. The molecule has 3 N–H and O–H groups in total. The van der Waals surface area contributed by atoms with Crippen molar-refractivity contribution >= 4 is 58.5 Å². The largest absolute Gasteiger partial charge is 0.495 e. The zero-order valence-electron chi connectivity index (χ0n) is 21.6. The van der Waals surface area contributed by atoms with Crippen LogP contribution in [0.4, 0.5) is 11.4 Å². The van der Waals surface area contributed by atoms with Crippen LogP contribution in [0.2, 0.25) is 5.02 Å². The van der Waals surface area contributed by atoms with E-state index in [0.29, 0.717) is 33.5 Å². The fraction of sp³-hybridized carbons (Fsp3) is 0.100. The van der Waals surface area contributed by atoms with Crippen molar-refractivity contribution in [3.8, 4) is 5.75 Å². The predicted octanol–water partition coefficient (Wildman–Crippen LogP) is 6.47. The molecule has 0 aliphatic carbocycles. The van der Waals surface area contributed by atoms with Crippen LogP contribution >= 0.6 is 23.4 Å². The molecule has 0 saturated heterocycles. The Morgan fingerprint density at radius 3 is 2.38 bits per heavy atom. The van der Waals surface area contributed by atoms with Gasteiger partial charge in [0.2, 0.25) is 5.91 Å². The maximum absolute atomic E-state index is 13.1. The first kappa shape index (κ1) is 28.5. The molecule has 0 saturated carbocycles. The van der Waals surface area contributed by atoms with Gasteiger partial charge in [0.05, 0.1) is 24.3 Å². The number of carbonyl (C=O) groups is 3. The lowest BCUT2D eigenvalue weighted by Gasteiger charge is -2.15. The molecular weight excluding hydrogens is 550 g/mol. The molecule has 1 heterocycles. The van der Waals surface area contributed by atoms with E-state index in [-0.39, 0.29) is 11.6 Å². The van der Waals surface area contributed by atoms with E-state index >= 15 is 0 Å². The number of carbonyl (C=O) groups excluding carboxylic acids is 3. The van der Waals surface area contributed by atoms with Crippen LogP contribution in [0.15, 0.2) is 106 Å². The third-order valence-electron chi connectivity index (χ3n) is 5.57. The molecule has 8 nitrogen and oxygen atoms in total. The summed E-state index contributed by atoms with van der Waals surface area (Å²) in [5.74, 6) is -0.250. The topological polar surface area (TPSA) is 110 Å². The number of furan rings is 1. The zero-order valence-corrected chi connectivity index (χ0v) is 23.2. The van der Waals surface area contributed by atoms with Crippen LogP contribution in [-0.2, 0) is 9.59 Å². The highest BCUT2D eigenvalue weighted by Gasteiger charge is 2.18. The Kier molecular flexibility index (Phi) is 9.66. The normalized spacial score (nSPS) is 11.8. The van der Waals surface area contributed by atoms with Gasteiger partial charge in [0.25, 0.3) is 11.8 Å². The maximum atomic E-state index is 13.1. The fourth-order valence-corrected chi connectivity index (χ4v) is 4.58. The zero-order chi connectivity index (χ0) is 28.5. The molecule has 0 aliphatic rings. The molecule has 1 unspecified atom stereocenters. The molecule has 40 heavy (non-hydrogen) atoms. The van der Waals surface area contributed by atoms with Gasteiger partial charge in [-0.05, 0) is 73.7 Å².